The number of carbonyl (C=O) groups is 1. The Kier molecular flexibility index (Phi) is 2.73. The molecule has 1 saturated heterocycles. The van der Waals surface area contributed by atoms with E-state index in [1.807, 2.05) is 10.9 Å². The second-order valence-corrected chi connectivity index (χ2v) is 3.96. The van der Waals surface area contributed by atoms with Gasteiger partial charge >= 0.3 is 5.97 Å². The summed E-state index contributed by atoms with van der Waals surface area (Å²) >= 11 is 0. The summed E-state index contributed by atoms with van der Waals surface area (Å²) in [4.78, 5) is 10.7. The van der Waals surface area contributed by atoms with Crippen LogP contribution in [-0.2, 0) is 16.0 Å². The lowest BCUT2D eigenvalue weighted by Gasteiger charge is -2.25. The summed E-state index contributed by atoms with van der Waals surface area (Å²) in [5.74, 6) is -1.13. The molecule has 0 bridgehead atoms. The van der Waals surface area contributed by atoms with Crippen molar-refractivity contribution < 1.29 is 14.6 Å². The van der Waals surface area contributed by atoms with Gasteiger partial charge in [-0.15, -0.1) is 0 Å². The number of ether oxygens (including phenoxy) is 1. The number of rotatable bonds is 4. The lowest BCUT2D eigenvalue weighted by atomic mass is 10.0. The smallest absolute Gasteiger partial charge is 0.306 e. The molecule has 0 saturated carbocycles. The van der Waals surface area contributed by atoms with Gasteiger partial charge in [-0.3, -0.25) is 9.48 Å². The van der Waals surface area contributed by atoms with Gasteiger partial charge in [-0.25, -0.2) is 0 Å². The highest BCUT2D eigenvalue weighted by Crippen LogP contribution is 2.17. The van der Waals surface area contributed by atoms with Gasteiger partial charge in [0, 0.05) is 6.20 Å². The Morgan fingerprint density at radius 2 is 2.53 bits per heavy atom. The molecule has 0 amide bonds. The van der Waals surface area contributed by atoms with E-state index in [1.165, 1.54) is 0 Å². The van der Waals surface area contributed by atoms with Crippen molar-refractivity contribution in [3.63, 3.8) is 0 Å². The van der Waals surface area contributed by atoms with Crippen molar-refractivity contribution in [2.45, 2.75) is 19.4 Å². The molecule has 0 aliphatic carbocycles. The standard InChI is InChI=1S/C10H14N2O3/c1-7(10(13)14)2-8-3-11-12(4-8)9-5-15-6-9/h3-4,7,9H,2,5-6H2,1H3,(H,13,14). The van der Waals surface area contributed by atoms with Crippen LogP contribution in [0.1, 0.15) is 18.5 Å². The molecule has 1 aliphatic rings. The van der Waals surface area contributed by atoms with E-state index >= 15 is 0 Å². The van der Waals surface area contributed by atoms with E-state index in [-0.39, 0.29) is 5.92 Å². The maximum Gasteiger partial charge on any atom is 0.306 e. The van der Waals surface area contributed by atoms with Crippen LogP contribution >= 0.6 is 0 Å². The fourth-order valence-electron chi connectivity index (χ4n) is 1.50. The SMILES string of the molecule is CC(Cc1cnn(C2COC2)c1)C(=O)O. The molecule has 2 heterocycles. The first-order valence-corrected chi connectivity index (χ1v) is 5.00. The molecule has 1 unspecified atom stereocenters. The summed E-state index contributed by atoms with van der Waals surface area (Å²) in [7, 11) is 0. The molecule has 1 aliphatic heterocycles. The molecule has 0 aromatic carbocycles. The molecule has 2 rings (SSSR count). The molecular weight excluding hydrogens is 196 g/mol. The van der Waals surface area contributed by atoms with E-state index in [9.17, 15) is 4.79 Å². The molecule has 5 heteroatoms. The Balaban J connectivity index is 1.97. The Morgan fingerprint density at radius 1 is 1.80 bits per heavy atom. The summed E-state index contributed by atoms with van der Waals surface area (Å²) in [6.45, 7) is 3.11. The van der Waals surface area contributed by atoms with Crippen molar-refractivity contribution in [3.8, 4) is 0 Å². The van der Waals surface area contributed by atoms with Gasteiger partial charge < -0.3 is 9.84 Å². The van der Waals surface area contributed by atoms with Gasteiger partial charge in [0.1, 0.15) is 0 Å². The zero-order valence-electron chi connectivity index (χ0n) is 8.59. The van der Waals surface area contributed by atoms with Crippen molar-refractivity contribution in [1.82, 2.24) is 9.78 Å². The Hall–Kier alpha value is -1.36. The summed E-state index contributed by atoms with van der Waals surface area (Å²) in [6, 6.07) is 0.332. The third-order valence-corrected chi connectivity index (χ3v) is 2.61. The van der Waals surface area contributed by atoms with E-state index in [1.54, 1.807) is 13.1 Å². The zero-order chi connectivity index (χ0) is 10.8. The Labute approximate surface area is 87.7 Å². The predicted molar refractivity (Wildman–Crippen MR) is 52.6 cm³/mol. The third-order valence-electron chi connectivity index (χ3n) is 2.61. The highest BCUT2D eigenvalue weighted by Gasteiger charge is 2.21. The molecule has 1 aromatic rings. The average Bonchev–Trinajstić information content (AvgIpc) is 2.49. The van der Waals surface area contributed by atoms with Crippen molar-refractivity contribution in [2.75, 3.05) is 13.2 Å². The van der Waals surface area contributed by atoms with Gasteiger partial charge in [-0.05, 0) is 12.0 Å². The molecule has 1 fully saturated rings. The average molecular weight is 210 g/mol. The summed E-state index contributed by atoms with van der Waals surface area (Å²) in [5, 5.41) is 13.0. The van der Waals surface area contributed by atoms with Crippen LogP contribution in [0.2, 0.25) is 0 Å². The fourth-order valence-corrected chi connectivity index (χ4v) is 1.50. The fraction of sp³-hybridized carbons (Fsp3) is 0.600. The number of aliphatic carboxylic acids is 1. The molecule has 5 nitrogen and oxygen atoms in total. The first-order valence-electron chi connectivity index (χ1n) is 5.00. The molecule has 82 valence electrons. The largest absolute Gasteiger partial charge is 0.481 e. The first-order chi connectivity index (χ1) is 7.16. The van der Waals surface area contributed by atoms with Gasteiger partial charge in [0.2, 0.25) is 0 Å². The van der Waals surface area contributed by atoms with Crippen LogP contribution in [0, 0.1) is 5.92 Å². The Bertz CT molecular complexity index is 357. The number of hydrogen-bond acceptors (Lipinski definition) is 3. The van der Waals surface area contributed by atoms with Gasteiger partial charge in [-0.1, -0.05) is 6.92 Å². The molecular formula is C10H14N2O3. The molecule has 0 spiro atoms. The van der Waals surface area contributed by atoms with Crippen molar-refractivity contribution in [3.05, 3.63) is 18.0 Å². The minimum absolute atomic E-state index is 0.332. The number of hydrogen-bond donors (Lipinski definition) is 1. The third kappa shape index (κ3) is 2.18. The van der Waals surface area contributed by atoms with Gasteiger partial charge in [0.05, 0.1) is 31.4 Å². The minimum Gasteiger partial charge on any atom is -0.481 e. The second-order valence-electron chi connectivity index (χ2n) is 3.96. The van der Waals surface area contributed by atoms with Gasteiger partial charge in [0.15, 0.2) is 0 Å². The van der Waals surface area contributed by atoms with Gasteiger partial charge in [-0.2, -0.15) is 5.10 Å². The number of carboxylic acid groups (broad SMARTS) is 1. The van der Waals surface area contributed by atoms with E-state index < -0.39 is 5.97 Å². The van der Waals surface area contributed by atoms with E-state index in [0.29, 0.717) is 25.7 Å². The van der Waals surface area contributed by atoms with Crippen LogP contribution in [0.5, 0.6) is 0 Å². The van der Waals surface area contributed by atoms with Gasteiger partial charge in [0.25, 0.3) is 0 Å². The monoisotopic (exact) mass is 210 g/mol. The van der Waals surface area contributed by atoms with Crippen LogP contribution in [0.25, 0.3) is 0 Å². The van der Waals surface area contributed by atoms with Crippen LogP contribution in [0.3, 0.4) is 0 Å². The van der Waals surface area contributed by atoms with Crippen LogP contribution < -0.4 is 0 Å². The number of aromatic nitrogens is 2. The summed E-state index contributed by atoms with van der Waals surface area (Å²) in [5.41, 5.74) is 0.969. The maximum absolute atomic E-state index is 10.7. The topological polar surface area (TPSA) is 64.4 Å². The molecule has 15 heavy (non-hydrogen) atoms. The van der Waals surface area contributed by atoms with E-state index in [4.69, 9.17) is 9.84 Å². The normalized spacial score (nSPS) is 18.5. The highest BCUT2D eigenvalue weighted by atomic mass is 16.5. The lowest BCUT2D eigenvalue weighted by Crippen LogP contribution is -2.30. The maximum atomic E-state index is 10.7. The van der Waals surface area contributed by atoms with Crippen LogP contribution in [0.15, 0.2) is 12.4 Å². The molecule has 0 radical (unpaired) electrons. The summed E-state index contributed by atoms with van der Waals surface area (Å²) in [6.07, 6.45) is 4.17. The molecule has 1 N–H and O–H groups in total. The quantitative estimate of drug-likeness (QED) is 0.795. The van der Waals surface area contributed by atoms with Crippen molar-refractivity contribution >= 4 is 5.97 Å². The van der Waals surface area contributed by atoms with Crippen LogP contribution in [-0.4, -0.2) is 34.1 Å². The Morgan fingerprint density at radius 3 is 3.07 bits per heavy atom. The molecule has 1 atom stereocenters. The van der Waals surface area contributed by atoms with E-state index in [0.717, 1.165) is 5.56 Å². The van der Waals surface area contributed by atoms with Crippen LogP contribution in [0.4, 0.5) is 0 Å². The number of nitrogens with zero attached hydrogens (tertiary/aromatic N) is 2. The predicted octanol–water partition coefficient (Wildman–Crippen LogP) is 0.718. The number of carboxylic acids is 1. The minimum atomic E-state index is -0.769. The lowest BCUT2D eigenvalue weighted by molar-refractivity contribution is -0.141. The highest BCUT2D eigenvalue weighted by molar-refractivity contribution is 5.69. The zero-order valence-corrected chi connectivity index (χ0v) is 8.59. The molecule has 1 aromatic heterocycles. The first kappa shape index (κ1) is 10.2. The van der Waals surface area contributed by atoms with E-state index in [2.05, 4.69) is 5.10 Å². The van der Waals surface area contributed by atoms with Crippen molar-refractivity contribution in [1.29, 1.82) is 0 Å². The van der Waals surface area contributed by atoms with Crippen molar-refractivity contribution in [2.24, 2.45) is 5.92 Å². The second kappa shape index (κ2) is 4.02. The summed E-state index contributed by atoms with van der Waals surface area (Å²) < 4.78 is 6.92.